The van der Waals surface area contributed by atoms with Gasteiger partial charge in [0.15, 0.2) is 0 Å². The maximum absolute atomic E-state index is 12.7. The summed E-state index contributed by atoms with van der Waals surface area (Å²) in [7, 11) is 0.700. The van der Waals surface area contributed by atoms with Crippen molar-refractivity contribution >= 4 is 34.2 Å². The van der Waals surface area contributed by atoms with Gasteiger partial charge in [-0.05, 0) is 69.1 Å². The molecule has 7 nitrogen and oxygen atoms in total. The lowest BCUT2D eigenvalue weighted by atomic mass is 9.77. The molecule has 160 valence electrons. The molecule has 2 saturated carbocycles. The van der Waals surface area contributed by atoms with Crippen molar-refractivity contribution in [1.29, 1.82) is 0 Å². The molecule has 1 aromatic rings. The van der Waals surface area contributed by atoms with Crippen LogP contribution in [0, 0.1) is 11.8 Å². The van der Waals surface area contributed by atoms with E-state index in [2.05, 4.69) is 10.0 Å². The van der Waals surface area contributed by atoms with Gasteiger partial charge in [0, 0.05) is 36.6 Å². The molecular formula is C21H32N4O3S. The van der Waals surface area contributed by atoms with E-state index in [-0.39, 0.29) is 23.7 Å². The third kappa shape index (κ3) is 5.57. The van der Waals surface area contributed by atoms with Crippen LogP contribution in [0.25, 0.3) is 0 Å². The minimum atomic E-state index is -1.16. The molecule has 2 aliphatic rings. The molecule has 0 bridgehead atoms. The number of rotatable bonds is 7. The molecule has 1 aromatic carbocycles. The van der Waals surface area contributed by atoms with Gasteiger partial charge in [-0.15, -0.1) is 0 Å². The van der Waals surface area contributed by atoms with E-state index in [0.29, 0.717) is 17.4 Å². The van der Waals surface area contributed by atoms with Crippen LogP contribution in [0.15, 0.2) is 24.3 Å². The standard InChI is InChI=1S/C21H32N4O3S/c1-25(18-7-4-8-18)21(27)19(22)14-9-11-15(12-10-14)20(26)23-16-5-3-6-17(13-16)24-29(2)28/h3,5-6,13-15,18-19,24H,4,7-12,22H2,1-2H3,(H,23,26)/t14?,15?,19-,29?/m0/s1. The second-order valence-electron chi connectivity index (χ2n) is 8.30. The molecule has 1 unspecified atom stereocenters. The number of amides is 2. The number of benzene rings is 1. The zero-order valence-corrected chi connectivity index (χ0v) is 18.0. The molecule has 2 atom stereocenters. The van der Waals surface area contributed by atoms with Gasteiger partial charge in [0.05, 0.1) is 6.04 Å². The van der Waals surface area contributed by atoms with Gasteiger partial charge in [0.25, 0.3) is 0 Å². The molecule has 4 N–H and O–H groups in total. The van der Waals surface area contributed by atoms with E-state index in [1.54, 1.807) is 18.4 Å². The summed E-state index contributed by atoms with van der Waals surface area (Å²) in [5, 5.41) is 2.96. The Morgan fingerprint density at radius 1 is 1.14 bits per heavy atom. The second kappa shape index (κ2) is 9.71. The molecule has 29 heavy (non-hydrogen) atoms. The number of anilines is 2. The summed E-state index contributed by atoms with van der Waals surface area (Å²) < 4.78 is 14.1. The first-order valence-electron chi connectivity index (χ1n) is 10.4. The molecule has 0 aromatic heterocycles. The zero-order valence-electron chi connectivity index (χ0n) is 17.2. The number of likely N-dealkylation sites (N-methyl/N-ethyl adjacent to an activating group) is 1. The molecule has 8 heteroatoms. The predicted molar refractivity (Wildman–Crippen MR) is 117 cm³/mol. The van der Waals surface area contributed by atoms with Crippen molar-refractivity contribution in [2.45, 2.75) is 57.0 Å². The van der Waals surface area contributed by atoms with Crippen molar-refractivity contribution in [3.8, 4) is 0 Å². The fourth-order valence-electron chi connectivity index (χ4n) is 4.20. The Morgan fingerprint density at radius 3 is 2.38 bits per heavy atom. The minimum absolute atomic E-state index is 0.00953. The van der Waals surface area contributed by atoms with Crippen LogP contribution in [-0.2, 0) is 20.6 Å². The number of carbonyl (C=O) groups is 2. The SMILES string of the molecule is CN(C(=O)[C@@H](N)C1CCC(C(=O)Nc2cccc(NS(C)=O)c2)CC1)C1CCC1. The Bertz CT molecular complexity index is 760. The van der Waals surface area contributed by atoms with Crippen LogP contribution in [-0.4, -0.2) is 46.3 Å². The zero-order chi connectivity index (χ0) is 21.0. The van der Waals surface area contributed by atoms with Crippen molar-refractivity contribution in [2.24, 2.45) is 17.6 Å². The number of nitrogens with two attached hydrogens (primary N) is 1. The summed E-state index contributed by atoms with van der Waals surface area (Å²) in [6.45, 7) is 0. The Labute approximate surface area is 175 Å². The Kier molecular flexibility index (Phi) is 7.29. The number of hydrogen-bond acceptors (Lipinski definition) is 4. The van der Waals surface area contributed by atoms with Crippen LogP contribution in [0.5, 0.6) is 0 Å². The van der Waals surface area contributed by atoms with E-state index < -0.39 is 17.0 Å². The second-order valence-corrected chi connectivity index (χ2v) is 9.41. The summed E-state index contributed by atoms with van der Waals surface area (Å²) in [4.78, 5) is 27.1. The summed E-state index contributed by atoms with van der Waals surface area (Å²) >= 11 is 0. The lowest BCUT2D eigenvalue weighted by Gasteiger charge is -2.38. The van der Waals surface area contributed by atoms with Crippen LogP contribution >= 0.6 is 0 Å². The molecule has 2 fully saturated rings. The van der Waals surface area contributed by atoms with Crippen molar-refractivity contribution in [2.75, 3.05) is 23.3 Å². The lowest BCUT2D eigenvalue weighted by molar-refractivity contribution is -0.136. The van der Waals surface area contributed by atoms with E-state index >= 15 is 0 Å². The van der Waals surface area contributed by atoms with Gasteiger partial charge < -0.3 is 20.7 Å². The van der Waals surface area contributed by atoms with Gasteiger partial charge >= 0.3 is 0 Å². The lowest BCUT2D eigenvalue weighted by Crippen LogP contribution is -2.52. The van der Waals surface area contributed by atoms with Crippen LogP contribution in [0.4, 0.5) is 11.4 Å². The number of nitrogens with one attached hydrogen (secondary N) is 2. The van der Waals surface area contributed by atoms with E-state index in [1.807, 2.05) is 24.1 Å². The Balaban J connectivity index is 1.49. The first-order valence-corrected chi connectivity index (χ1v) is 11.9. The van der Waals surface area contributed by atoms with E-state index in [1.165, 1.54) is 6.42 Å². The van der Waals surface area contributed by atoms with Gasteiger partial charge in [-0.1, -0.05) is 6.07 Å². The highest BCUT2D eigenvalue weighted by Gasteiger charge is 2.35. The highest BCUT2D eigenvalue weighted by molar-refractivity contribution is 7.85. The summed E-state index contributed by atoms with van der Waals surface area (Å²) in [5.74, 6) is 0.0981. The maximum atomic E-state index is 12.7. The Hall–Kier alpha value is -1.93. The molecule has 0 heterocycles. The third-order valence-corrected chi connectivity index (χ3v) is 6.82. The number of carbonyl (C=O) groups excluding carboxylic acids is 2. The Morgan fingerprint density at radius 2 is 1.79 bits per heavy atom. The first-order chi connectivity index (χ1) is 13.8. The smallest absolute Gasteiger partial charge is 0.239 e. The van der Waals surface area contributed by atoms with Crippen molar-refractivity contribution in [3.05, 3.63) is 24.3 Å². The molecule has 0 spiro atoms. The van der Waals surface area contributed by atoms with Gasteiger partial charge in [-0.25, -0.2) is 4.21 Å². The molecule has 0 aliphatic heterocycles. The topological polar surface area (TPSA) is 105 Å². The van der Waals surface area contributed by atoms with Gasteiger partial charge in [0.1, 0.15) is 11.0 Å². The predicted octanol–water partition coefficient (Wildman–Crippen LogP) is 2.48. The molecule has 0 radical (unpaired) electrons. The van der Waals surface area contributed by atoms with Crippen molar-refractivity contribution in [3.63, 3.8) is 0 Å². The molecule has 3 rings (SSSR count). The molecule has 0 saturated heterocycles. The van der Waals surface area contributed by atoms with Crippen molar-refractivity contribution in [1.82, 2.24) is 4.90 Å². The fraction of sp³-hybridized carbons (Fsp3) is 0.619. The van der Waals surface area contributed by atoms with Crippen LogP contribution < -0.4 is 15.8 Å². The largest absolute Gasteiger partial charge is 0.341 e. The van der Waals surface area contributed by atoms with Crippen LogP contribution in [0.1, 0.15) is 44.9 Å². The molecular weight excluding hydrogens is 388 g/mol. The average molecular weight is 421 g/mol. The third-order valence-electron chi connectivity index (χ3n) is 6.30. The van der Waals surface area contributed by atoms with E-state index in [9.17, 15) is 13.8 Å². The summed E-state index contributed by atoms with van der Waals surface area (Å²) in [5.41, 5.74) is 7.67. The monoisotopic (exact) mass is 420 g/mol. The normalized spacial score (nSPS) is 24.1. The number of nitrogens with zero attached hydrogens (tertiary/aromatic N) is 1. The van der Waals surface area contributed by atoms with Gasteiger partial charge in [-0.3, -0.25) is 9.59 Å². The quantitative estimate of drug-likeness (QED) is 0.630. The minimum Gasteiger partial charge on any atom is -0.341 e. The maximum Gasteiger partial charge on any atom is 0.239 e. The molecule has 2 aliphatic carbocycles. The first kappa shape index (κ1) is 21.8. The van der Waals surface area contributed by atoms with Crippen LogP contribution in [0.3, 0.4) is 0 Å². The average Bonchev–Trinajstić information content (AvgIpc) is 2.65. The van der Waals surface area contributed by atoms with Crippen molar-refractivity contribution < 1.29 is 13.8 Å². The van der Waals surface area contributed by atoms with Gasteiger partial charge in [0.2, 0.25) is 11.8 Å². The van der Waals surface area contributed by atoms with Crippen LogP contribution in [0.2, 0.25) is 0 Å². The fourth-order valence-corrected chi connectivity index (χ4v) is 4.66. The number of hydrogen-bond donors (Lipinski definition) is 3. The molecule has 2 amide bonds. The summed E-state index contributed by atoms with van der Waals surface area (Å²) in [6.07, 6.45) is 7.96. The van der Waals surface area contributed by atoms with E-state index in [4.69, 9.17) is 5.73 Å². The van der Waals surface area contributed by atoms with Gasteiger partial charge in [-0.2, -0.15) is 0 Å². The highest BCUT2D eigenvalue weighted by Crippen LogP contribution is 2.33. The van der Waals surface area contributed by atoms with E-state index in [0.717, 1.165) is 38.5 Å². The summed E-state index contributed by atoms with van der Waals surface area (Å²) in [6, 6.07) is 7.09. The highest BCUT2D eigenvalue weighted by atomic mass is 32.2.